The van der Waals surface area contributed by atoms with Crippen LogP contribution in [0.5, 0.6) is 0 Å². The van der Waals surface area contributed by atoms with Gasteiger partial charge >= 0.3 is 0 Å². The Morgan fingerprint density at radius 2 is 1.74 bits per heavy atom. The summed E-state index contributed by atoms with van der Waals surface area (Å²) < 4.78 is 6.47. The predicted molar refractivity (Wildman–Crippen MR) is 96.5 cm³/mol. The van der Waals surface area contributed by atoms with Crippen molar-refractivity contribution in [1.82, 2.24) is 5.06 Å². The molecule has 0 bridgehead atoms. The maximum atomic E-state index is 12.2. The Morgan fingerprint density at radius 1 is 1.26 bits per heavy atom. The number of amides is 1. The maximum Gasteiger partial charge on any atom is 0.251 e. The van der Waals surface area contributed by atoms with Gasteiger partial charge in [0.2, 0.25) is 0 Å². The van der Waals surface area contributed by atoms with E-state index in [2.05, 4.69) is 40.8 Å². The Bertz CT molecular complexity index is 381. The van der Waals surface area contributed by atoms with Crippen LogP contribution in [0.25, 0.3) is 0 Å². The fourth-order valence-corrected chi connectivity index (χ4v) is 3.81. The van der Waals surface area contributed by atoms with E-state index in [1.807, 2.05) is 6.92 Å². The molecule has 1 N–H and O–H groups in total. The first-order valence-corrected chi connectivity index (χ1v) is 11.4. The van der Waals surface area contributed by atoms with E-state index in [1.54, 1.807) is 14.0 Å². The van der Waals surface area contributed by atoms with Gasteiger partial charge in [-0.1, -0.05) is 41.5 Å². The molecular formula is C17H37NO4Si. The van der Waals surface area contributed by atoms with Crippen molar-refractivity contribution in [3.8, 4) is 0 Å². The summed E-state index contributed by atoms with van der Waals surface area (Å²) in [6.07, 6.45) is -0.0185. The third-order valence-corrected chi connectivity index (χ3v) is 9.77. The molecule has 0 heterocycles. The van der Waals surface area contributed by atoms with E-state index in [-0.39, 0.29) is 23.0 Å². The molecule has 138 valence electrons. The van der Waals surface area contributed by atoms with Crippen LogP contribution in [0, 0.1) is 11.8 Å². The molecule has 0 aliphatic heterocycles. The second-order valence-electron chi connectivity index (χ2n) is 7.98. The number of rotatable bonds is 8. The molecule has 0 aromatic carbocycles. The van der Waals surface area contributed by atoms with Gasteiger partial charge in [0.25, 0.3) is 5.91 Å². The van der Waals surface area contributed by atoms with Crippen molar-refractivity contribution >= 4 is 14.2 Å². The number of aliphatic hydroxyl groups excluding tert-OH is 1. The molecule has 0 radical (unpaired) electrons. The van der Waals surface area contributed by atoms with Crippen molar-refractivity contribution < 1.29 is 19.2 Å². The van der Waals surface area contributed by atoms with Gasteiger partial charge in [0.05, 0.1) is 19.1 Å². The largest absolute Gasteiger partial charge is 0.414 e. The van der Waals surface area contributed by atoms with Crippen LogP contribution in [0.15, 0.2) is 0 Å². The lowest BCUT2D eigenvalue weighted by Crippen LogP contribution is -2.49. The molecular weight excluding hydrogens is 310 g/mol. The van der Waals surface area contributed by atoms with Gasteiger partial charge in [-0.15, -0.1) is 0 Å². The van der Waals surface area contributed by atoms with Gasteiger partial charge in [0.1, 0.15) is 0 Å². The van der Waals surface area contributed by atoms with Crippen LogP contribution in [0.3, 0.4) is 0 Å². The lowest BCUT2D eigenvalue weighted by atomic mass is 9.88. The highest BCUT2D eigenvalue weighted by molar-refractivity contribution is 6.74. The Morgan fingerprint density at radius 3 is 2.09 bits per heavy atom. The van der Waals surface area contributed by atoms with Crippen molar-refractivity contribution in [2.24, 2.45) is 11.8 Å². The Labute approximate surface area is 143 Å². The highest BCUT2D eigenvalue weighted by Gasteiger charge is 2.41. The first-order chi connectivity index (χ1) is 10.3. The third kappa shape index (κ3) is 5.85. The van der Waals surface area contributed by atoms with Crippen molar-refractivity contribution in [3.05, 3.63) is 0 Å². The minimum atomic E-state index is -1.92. The Kier molecular flexibility index (Phi) is 8.44. The second-order valence-corrected chi connectivity index (χ2v) is 12.7. The van der Waals surface area contributed by atoms with Gasteiger partial charge in [-0.3, -0.25) is 9.63 Å². The Hall–Kier alpha value is -0.433. The van der Waals surface area contributed by atoms with Gasteiger partial charge in [0, 0.05) is 19.1 Å². The van der Waals surface area contributed by atoms with Gasteiger partial charge < -0.3 is 9.53 Å². The zero-order chi connectivity index (χ0) is 18.6. The van der Waals surface area contributed by atoms with E-state index in [4.69, 9.17) is 9.26 Å². The van der Waals surface area contributed by atoms with Crippen LogP contribution in [0.2, 0.25) is 18.1 Å². The zero-order valence-electron chi connectivity index (χ0n) is 16.6. The van der Waals surface area contributed by atoms with E-state index in [1.165, 1.54) is 7.11 Å². The summed E-state index contributed by atoms with van der Waals surface area (Å²) in [6.45, 7) is 16.8. The zero-order valence-corrected chi connectivity index (χ0v) is 17.6. The molecule has 5 nitrogen and oxygen atoms in total. The third-order valence-electron chi connectivity index (χ3n) is 5.27. The summed E-state index contributed by atoms with van der Waals surface area (Å²) in [4.78, 5) is 17.1. The average molecular weight is 348 g/mol. The van der Waals surface area contributed by atoms with Gasteiger partial charge in [-0.05, 0) is 24.6 Å². The molecule has 0 unspecified atom stereocenters. The lowest BCUT2D eigenvalue weighted by Gasteiger charge is -2.42. The fourth-order valence-electron chi connectivity index (χ4n) is 2.32. The molecule has 4 atom stereocenters. The van der Waals surface area contributed by atoms with Crippen molar-refractivity contribution in [3.63, 3.8) is 0 Å². The molecule has 0 saturated heterocycles. The quantitative estimate of drug-likeness (QED) is 0.540. The standard InChI is InChI=1S/C17H37NO4Si/c1-11-14(22-23(9,10)17(4,5)6)12(2)15(19)13(3)16(20)18(7)21-8/h12-15,19H,11H2,1-10H3/t12-,13+,14+,15-/m0/s1. The smallest absolute Gasteiger partial charge is 0.251 e. The number of aliphatic hydroxyl groups is 1. The average Bonchev–Trinajstić information content (AvgIpc) is 2.47. The molecule has 1 amide bonds. The molecule has 0 aromatic rings. The number of carbonyl (C=O) groups excluding carboxylic acids is 1. The highest BCUT2D eigenvalue weighted by atomic mass is 28.4. The summed E-state index contributed by atoms with van der Waals surface area (Å²) in [5, 5.41) is 11.9. The van der Waals surface area contributed by atoms with E-state index < -0.39 is 20.3 Å². The van der Waals surface area contributed by atoms with E-state index in [0.717, 1.165) is 11.5 Å². The minimum Gasteiger partial charge on any atom is -0.414 e. The maximum absolute atomic E-state index is 12.2. The van der Waals surface area contributed by atoms with Crippen LogP contribution in [0.1, 0.15) is 48.0 Å². The van der Waals surface area contributed by atoms with Crippen molar-refractivity contribution in [2.75, 3.05) is 14.2 Å². The van der Waals surface area contributed by atoms with Crippen LogP contribution in [0.4, 0.5) is 0 Å². The number of hydroxylamine groups is 2. The summed E-state index contributed by atoms with van der Waals surface area (Å²) in [5.41, 5.74) is 0. The summed E-state index contributed by atoms with van der Waals surface area (Å²) in [7, 11) is 1.08. The number of hydrogen-bond donors (Lipinski definition) is 1. The molecule has 6 heteroatoms. The second kappa shape index (κ2) is 8.60. The van der Waals surface area contributed by atoms with Crippen LogP contribution < -0.4 is 0 Å². The van der Waals surface area contributed by atoms with E-state index >= 15 is 0 Å². The molecule has 0 rings (SSSR count). The molecule has 0 aromatic heterocycles. The van der Waals surface area contributed by atoms with Gasteiger partial charge in [-0.25, -0.2) is 5.06 Å². The SMILES string of the molecule is CC[C@@H](O[Si](C)(C)C(C)(C)C)[C@H](C)[C@H](O)[C@@H](C)C(=O)N(C)OC. The summed E-state index contributed by atoms with van der Waals surface area (Å²) in [5.74, 6) is -0.889. The van der Waals surface area contributed by atoms with E-state index in [9.17, 15) is 9.90 Å². The molecule has 0 aliphatic rings. The minimum absolute atomic E-state index is 0.0611. The van der Waals surface area contributed by atoms with E-state index in [0.29, 0.717) is 0 Å². The van der Waals surface area contributed by atoms with Crippen LogP contribution in [-0.2, 0) is 14.1 Å². The summed E-state index contributed by atoms with van der Waals surface area (Å²) >= 11 is 0. The van der Waals surface area contributed by atoms with Crippen molar-refractivity contribution in [1.29, 1.82) is 0 Å². The Balaban J connectivity index is 5.08. The molecule has 0 fully saturated rings. The van der Waals surface area contributed by atoms with Gasteiger partial charge in [-0.2, -0.15) is 0 Å². The first-order valence-electron chi connectivity index (χ1n) is 8.47. The van der Waals surface area contributed by atoms with Gasteiger partial charge in [0.15, 0.2) is 8.32 Å². The lowest BCUT2D eigenvalue weighted by molar-refractivity contribution is -0.178. The molecule has 0 aliphatic carbocycles. The van der Waals surface area contributed by atoms with Crippen LogP contribution in [-0.4, -0.2) is 50.8 Å². The highest BCUT2D eigenvalue weighted by Crippen LogP contribution is 2.39. The molecule has 0 spiro atoms. The molecule has 23 heavy (non-hydrogen) atoms. The topological polar surface area (TPSA) is 59.0 Å². The predicted octanol–water partition coefficient (Wildman–Crippen LogP) is 3.44. The molecule has 0 saturated carbocycles. The number of nitrogens with zero attached hydrogens (tertiary/aromatic N) is 1. The van der Waals surface area contributed by atoms with Crippen molar-refractivity contribution in [2.45, 2.75) is 78.3 Å². The van der Waals surface area contributed by atoms with Crippen LogP contribution >= 0.6 is 0 Å². The fraction of sp³-hybridized carbons (Fsp3) is 0.941. The normalized spacial score (nSPS) is 18.2. The summed E-state index contributed by atoms with van der Waals surface area (Å²) in [6, 6.07) is 0. The first kappa shape index (κ1) is 22.6. The number of carbonyl (C=O) groups is 1. The monoisotopic (exact) mass is 347 g/mol. The number of hydrogen-bond acceptors (Lipinski definition) is 4.